The molecule has 1 rings (SSSR count). The molecule has 0 radical (unpaired) electrons. The molecule has 1 aliphatic heterocycles. The molecule has 0 spiro atoms. The van der Waals surface area contributed by atoms with E-state index < -0.39 is 0 Å². The van der Waals surface area contributed by atoms with Gasteiger partial charge in [0.1, 0.15) is 0 Å². The summed E-state index contributed by atoms with van der Waals surface area (Å²) in [6.45, 7) is 10.1. The number of rotatable bonds is 2. The number of ether oxygens (including phenoxy) is 1. The molecule has 2 nitrogen and oxygen atoms in total. The van der Waals surface area contributed by atoms with Gasteiger partial charge in [0, 0.05) is 13.2 Å². The number of methoxy groups -OCH3 is 1. The zero-order valence-corrected chi connectivity index (χ0v) is 10.3. The fraction of sp³-hybridized carbons (Fsp3) is 1.00. The molecule has 1 saturated heterocycles. The first kappa shape index (κ1) is 15.4. The Kier molecular flexibility index (Phi) is 14.1. The molecule has 0 aromatic heterocycles. The van der Waals surface area contributed by atoms with Crippen molar-refractivity contribution in [3.63, 3.8) is 0 Å². The van der Waals surface area contributed by atoms with Crippen LogP contribution in [0.5, 0.6) is 0 Å². The quantitative estimate of drug-likeness (QED) is 0.662. The number of likely N-dealkylation sites (tertiary alicyclic amines) is 1. The minimum absolute atomic E-state index is 0.690. The second-order valence-corrected chi connectivity index (χ2v) is 2.73. The molecule has 2 heteroatoms. The van der Waals surface area contributed by atoms with Crippen LogP contribution in [-0.4, -0.2) is 38.3 Å². The molecular weight excluding hydrogens is 162 g/mol. The molecule has 0 aliphatic carbocycles. The van der Waals surface area contributed by atoms with Crippen LogP contribution in [-0.2, 0) is 4.74 Å². The van der Waals surface area contributed by atoms with E-state index in [2.05, 4.69) is 11.9 Å². The smallest absolute Gasteiger partial charge is 0.0617 e. The van der Waals surface area contributed by atoms with Crippen LogP contribution in [0.4, 0.5) is 0 Å². The molecule has 0 aromatic rings. The lowest BCUT2D eigenvalue weighted by Crippen LogP contribution is -2.28. The summed E-state index contributed by atoms with van der Waals surface area (Å²) in [5.74, 6) is 0. The van der Waals surface area contributed by atoms with E-state index in [1.54, 1.807) is 7.11 Å². The summed E-state index contributed by atoms with van der Waals surface area (Å²) < 4.78 is 5.05. The topological polar surface area (TPSA) is 12.5 Å². The van der Waals surface area contributed by atoms with Crippen LogP contribution in [0.15, 0.2) is 0 Å². The lowest BCUT2D eigenvalue weighted by Gasteiger charge is -2.17. The Morgan fingerprint density at radius 2 is 1.77 bits per heavy atom. The van der Waals surface area contributed by atoms with Gasteiger partial charge in [-0.2, -0.15) is 0 Å². The average Bonchev–Trinajstić information content (AvgIpc) is 2.60. The van der Waals surface area contributed by atoms with Crippen molar-refractivity contribution in [2.75, 3.05) is 27.3 Å². The average molecular weight is 189 g/mol. The van der Waals surface area contributed by atoms with Gasteiger partial charge >= 0.3 is 0 Å². The van der Waals surface area contributed by atoms with Crippen molar-refractivity contribution in [1.29, 1.82) is 0 Å². The number of nitrogens with zero attached hydrogens (tertiary/aromatic N) is 1. The summed E-state index contributed by atoms with van der Waals surface area (Å²) in [6, 6.07) is 0.690. The van der Waals surface area contributed by atoms with Gasteiger partial charge in [-0.15, -0.1) is 0 Å². The second-order valence-electron chi connectivity index (χ2n) is 2.73. The van der Waals surface area contributed by atoms with Gasteiger partial charge in [-0.25, -0.2) is 0 Å². The Morgan fingerprint density at radius 1 is 1.23 bits per heavy atom. The summed E-state index contributed by atoms with van der Waals surface area (Å²) in [7, 11) is 3.93. The van der Waals surface area contributed by atoms with E-state index in [-0.39, 0.29) is 0 Å². The summed E-state index contributed by atoms with van der Waals surface area (Å²) in [5, 5.41) is 0. The van der Waals surface area contributed by atoms with E-state index >= 15 is 0 Å². The van der Waals surface area contributed by atoms with Gasteiger partial charge in [0.15, 0.2) is 0 Å². The molecule has 0 saturated carbocycles. The lowest BCUT2D eigenvalue weighted by atomic mass is 10.2. The lowest BCUT2D eigenvalue weighted by molar-refractivity contribution is 0.129. The Hall–Kier alpha value is -0.0800. The number of likely N-dealkylation sites (N-methyl/N-ethyl adjacent to an activating group) is 1. The standard InChI is InChI=1S/C7H15NO.2C2H6/c1-8-5-3-4-7(8)6-9-2;2*1-2/h7H,3-6H2,1-2H3;2*1-2H3. The highest BCUT2D eigenvalue weighted by Crippen LogP contribution is 2.13. The van der Waals surface area contributed by atoms with E-state index in [1.165, 1.54) is 19.4 Å². The third-order valence-corrected chi connectivity index (χ3v) is 2.03. The Morgan fingerprint density at radius 3 is 2.08 bits per heavy atom. The van der Waals surface area contributed by atoms with Gasteiger partial charge in [-0.05, 0) is 26.4 Å². The zero-order valence-electron chi connectivity index (χ0n) is 10.3. The van der Waals surface area contributed by atoms with Gasteiger partial charge in [0.05, 0.1) is 6.61 Å². The molecule has 13 heavy (non-hydrogen) atoms. The van der Waals surface area contributed by atoms with Crippen molar-refractivity contribution in [3.05, 3.63) is 0 Å². The van der Waals surface area contributed by atoms with Crippen molar-refractivity contribution < 1.29 is 4.74 Å². The van der Waals surface area contributed by atoms with Crippen LogP contribution >= 0.6 is 0 Å². The minimum Gasteiger partial charge on any atom is -0.383 e. The van der Waals surface area contributed by atoms with E-state index in [9.17, 15) is 0 Å². The molecule has 1 aliphatic rings. The first-order valence-corrected chi connectivity index (χ1v) is 5.54. The first-order chi connectivity index (χ1) is 6.34. The van der Waals surface area contributed by atoms with Gasteiger partial charge in [0.25, 0.3) is 0 Å². The highest BCUT2D eigenvalue weighted by Gasteiger charge is 2.19. The normalized spacial score (nSPS) is 21.2. The maximum absolute atomic E-state index is 5.05. The van der Waals surface area contributed by atoms with Gasteiger partial charge in [-0.1, -0.05) is 27.7 Å². The van der Waals surface area contributed by atoms with Crippen molar-refractivity contribution in [2.45, 2.75) is 46.6 Å². The molecule has 1 fully saturated rings. The van der Waals surface area contributed by atoms with Crippen molar-refractivity contribution in [3.8, 4) is 0 Å². The Labute approximate surface area is 84.3 Å². The maximum atomic E-state index is 5.05. The van der Waals surface area contributed by atoms with Crippen LogP contribution in [0.3, 0.4) is 0 Å². The summed E-state index contributed by atoms with van der Waals surface area (Å²) in [4.78, 5) is 2.36. The molecule has 0 bridgehead atoms. The minimum atomic E-state index is 0.690. The van der Waals surface area contributed by atoms with Crippen LogP contribution in [0.1, 0.15) is 40.5 Å². The summed E-state index contributed by atoms with van der Waals surface area (Å²) >= 11 is 0. The van der Waals surface area contributed by atoms with Crippen molar-refractivity contribution >= 4 is 0 Å². The zero-order chi connectivity index (χ0) is 10.7. The van der Waals surface area contributed by atoms with E-state index in [0.29, 0.717) is 6.04 Å². The maximum Gasteiger partial charge on any atom is 0.0617 e. The molecule has 82 valence electrons. The number of hydrogen-bond acceptors (Lipinski definition) is 2. The van der Waals surface area contributed by atoms with Gasteiger partial charge in [0.2, 0.25) is 0 Å². The summed E-state index contributed by atoms with van der Waals surface area (Å²) in [6.07, 6.45) is 2.65. The van der Waals surface area contributed by atoms with Crippen LogP contribution in [0.2, 0.25) is 0 Å². The fourth-order valence-corrected chi connectivity index (χ4v) is 1.38. The molecule has 0 aromatic carbocycles. The molecule has 1 atom stereocenters. The molecule has 0 N–H and O–H groups in total. The second kappa shape index (κ2) is 11.9. The van der Waals surface area contributed by atoms with Crippen LogP contribution in [0, 0.1) is 0 Å². The fourth-order valence-electron chi connectivity index (χ4n) is 1.38. The largest absolute Gasteiger partial charge is 0.383 e. The number of hydrogen-bond donors (Lipinski definition) is 0. The molecule has 1 heterocycles. The van der Waals surface area contributed by atoms with Crippen LogP contribution in [0.25, 0.3) is 0 Å². The third kappa shape index (κ3) is 7.03. The Balaban J connectivity index is 0. The molecule has 0 amide bonds. The van der Waals surface area contributed by atoms with Crippen molar-refractivity contribution in [1.82, 2.24) is 4.90 Å². The SMILES string of the molecule is CC.CC.COCC1CCCN1C. The highest BCUT2D eigenvalue weighted by molar-refractivity contribution is 4.75. The monoisotopic (exact) mass is 189 g/mol. The highest BCUT2D eigenvalue weighted by atomic mass is 16.5. The van der Waals surface area contributed by atoms with Gasteiger partial charge in [-0.3, -0.25) is 0 Å². The van der Waals surface area contributed by atoms with E-state index in [4.69, 9.17) is 4.74 Å². The van der Waals surface area contributed by atoms with Gasteiger partial charge < -0.3 is 9.64 Å². The predicted octanol–water partition coefficient (Wildman–Crippen LogP) is 2.78. The van der Waals surface area contributed by atoms with E-state index in [1.807, 2.05) is 27.7 Å². The van der Waals surface area contributed by atoms with Crippen LogP contribution < -0.4 is 0 Å². The molecule has 1 unspecified atom stereocenters. The predicted molar refractivity (Wildman–Crippen MR) is 60.2 cm³/mol. The Bertz CT molecular complexity index is 86.2. The summed E-state index contributed by atoms with van der Waals surface area (Å²) in [5.41, 5.74) is 0. The van der Waals surface area contributed by atoms with E-state index in [0.717, 1.165) is 6.61 Å². The molecular formula is C11H27NO. The third-order valence-electron chi connectivity index (χ3n) is 2.03. The van der Waals surface area contributed by atoms with Crippen molar-refractivity contribution in [2.24, 2.45) is 0 Å². The first-order valence-electron chi connectivity index (χ1n) is 5.54.